The Bertz CT molecular complexity index is 392. The number of halogens is 1. The Hall–Kier alpha value is -0.380. The molecule has 0 aromatic heterocycles. The lowest BCUT2D eigenvalue weighted by Gasteiger charge is -2.31. The Morgan fingerprint density at radius 2 is 2.22 bits per heavy atom. The highest BCUT2D eigenvalue weighted by molar-refractivity contribution is 9.10. The molecule has 1 aromatic carbocycles. The van der Waals surface area contributed by atoms with Crippen LogP contribution in [0.1, 0.15) is 31.9 Å². The Morgan fingerprint density at radius 3 is 2.83 bits per heavy atom. The second-order valence-corrected chi connectivity index (χ2v) is 6.35. The van der Waals surface area contributed by atoms with Gasteiger partial charge < -0.3 is 5.32 Å². The topological polar surface area (TPSA) is 15.3 Å². The van der Waals surface area contributed by atoms with Crippen molar-refractivity contribution in [2.24, 2.45) is 5.92 Å². The van der Waals surface area contributed by atoms with Gasteiger partial charge in [0, 0.05) is 16.6 Å². The van der Waals surface area contributed by atoms with Crippen LogP contribution in [0.5, 0.6) is 0 Å². The Balaban J connectivity index is 2.28. The molecular formula is C15H23BrN2. The third-order valence-corrected chi connectivity index (χ3v) is 4.37. The summed E-state index contributed by atoms with van der Waals surface area (Å²) in [7, 11) is 2.05. The molecule has 0 amide bonds. The number of rotatable bonds is 4. The molecule has 1 fully saturated rings. The van der Waals surface area contributed by atoms with Crippen molar-refractivity contribution in [3.8, 4) is 0 Å². The zero-order chi connectivity index (χ0) is 13.1. The summed E-state index contributed by atoms with van der Waals surface area (Å²) in [6.07, 6.45) is 1.29. The first-order valence-corrected chi connectivity index (χ1v) is 7.58. The minimum Gasteiger partial charge on any atom is -0.319 e. The number of likely N-dealkylation sites (tertiary alicyclic amines) is 1. The van der Waals surface area contributed by atoms with E-state index in [1.165, 1.54) is 23.0 Å². The van der Waals surface area contributed by atoms with Crippen LogP contribution in [-0.4, -0.2) is 31.1 Å². The SMILES string of the molecule is CNCC1CCN(C(C)C)C1c1cccc(Br)c1. The minimum absolute atomic E-state index is 0.551. The highest BCUT2D eigenvalue weighted by Gasteiger charge is 2.35. The lowest BCUT2D eigenvalue weighted by molar-refractivity contribution is 0.182. The van der Waals surface area contributed by atoms with E-state index in [0.717, 1.165) is 6.54 Å². The first kappa shape index (κ1) is 14.0. The average molecular weight is 311 g/mol. The molecule has 1 saturated heterocycles. The maximum absolute atomic E-state index is 3.59. The van der Waals surface area contributed by atoms with E-state index in [1.54, 1.807) is 0 Å². The summed E-state index contributed by atoms with van der Waals surface area (Å²) in [5.74, 6) is 0.715. The summed E-state index contributed by atoms with van der Waals surface area (Å²) in [5.41, 5.74) is 1.44. The molecule has 2 atom stereocenters. The molecule has 0 spiro atoms. The standard InChI is InChI=1S/C15H23BrN2/c1-11(2)18-8-7-13(10-17-3)15(18)12-5-4-6-14(16)9-12/h4-6,9,11,13,15,17H,7-8,10H2,1-3H3. The summed E-state index contributed by atoms with van der Waals surface area (Å²) >= 11 is 3.59. The smallest absolute Gasteiger partial charge is 0.0391 e. The van der Waals surface area contributed by atoms with Crippen molar-refractivity contribution >= 4 is 15.9 Å². The normalized spacial score (nSPS) is 24.9. The van der Waals surface area contributed by atoms with Crippen LogP contribution in [0, 0.1) is 5.92 Å². The van der Waals surface area contributed by atoms with Crippen LogP contribution in [0.3, 0.4) is 0 Å². The van der Waals surface area contributed by atoms with E-state index in [1.807, 2.05) is 0 Å². The highest BCUT2D eigenvalue weighted by atomic mass is 79.9. The maximum Gasteiger partial charge on any atom is 0.0391 e. The maximum atomic E-state index is 3.59. The average Bonchev–Trinajstić information content (AvgIpc) is 2.73. The first-order chi connectivity index (χ1) is 8.63. The van der Waals surface area contributed by atoms with Crippen LogP contribution < -0.4 is 5.32 Å². The van der Waals surface area contributed by atoms with Gasteiger partial charge in [-0.05, 0) is 64.0 Å². The van der Waals surface area contributed by atoms with Crippen molar-refractivity contribution in [2.45, 2.75) is 32.4 Å². The molecule has 0 saturated carbocycles. The van der Waals surface area contributed by atoms with Gasteiger partial charge in [0.15, 0.2) is 0 Å². The molecule has 1 N–H and O–H groups in total. The van der Waals surface area contributed by atoms with E-state index < -0.39 is 0 Å². The van der Waals surface area contributed by atoms with Gasteiger partial charge in [0.2, 0.25) is 0 Å². The summed E-state index contributed by atoms with van der Waals surface area (Å²) < 4.78 is 1.18. The zero-order valence-corrected chi connectivity index (χ0v) is 13.1. The molecule has 0 bridgehead atoms. The predicted octanol–water partition coefficient (Wildman–Crippen LogP) is 3.44. The van der Waals surface area contributed by atoms with E-state index >= 15 is 0 Å². The zero-order valence-electron chi connectivity index (χ0n) is 11.5. The van der Waals surface area contributed by atoms with Crippen LogP contribution >= 0.6 is 15.9 Å². The largest absolute Gasteiger partial charge is 0.319 e. The lowest BCUT2D eigenvalue weighted by atomic mass is 9.93. The fourth-order valence-corrected chi connectivity index (χ4v) is 3.51. The van der Waals surface area contributed by atoms with Crippen LogP contribution in [0.25, 0.3) is 0 Å². The van der Waals surface area contributed by atoms with Gasteiger partial charge in [0.25, 0.3) is 0 Å². The van der Waals surface area contributed by atoms with Gasteiger partial charge in [0.1, 0.15) is 0 Å². The quantitative estimate of drug-likeness (QED) is 0.916. The lowest BCUT2D eigenvalue weighted by Crippen LogP contribution is -2.33. The fourth-order valence-electron chi connectivity index (χ4n) is 3.09. The van der Waals surface area contributed by atoms with Gasteiger partial charge in [-0.2, -0.15) is 0 Å². The van der Waals surface area contributed by atoms with Crippen LogP contribution in [0.15, 0.2) is 28.7 Å². The van der Waals surface area contributed by atoms with Crippen molar-refractivity contribution < 1.29 is 0 Å². The third kappa shape index (κ3) is 2.95. The van der Waals surface area contributed by atoms with Gasteiger partial charge in [0.05, 0.1) is 0 Å². The fraction of sp³-hybridized carbons (Fsp3) is 0.600. The van der Waals surface area contributed by atoms with Crippen LogP contribution in [-0.2, 0) is 0 Å². The van der Waals surface area contributed by atoms with E-state index in [-0.39, 0.29) is 0 Å². The number of hydrogen-bond donors (Lipinski definition) is 1. The van der Waals surface area contributed by atoms with Crippen molar-refractivity contribution in [1.29, 1.82) is 0 Å². The molecule has 1 aliphatic rings. The second kappa shape index (κ2) is 6.18. The summed E-state index contributed by atoms with van der Waals surface area (Å²) in [6.45, 7) is 6.90. The van der Waals surface area contributed by atoms with Crippen molar-refractivity contribution in [1.82, 2.24) is 10.2 Å². The molecule has 18 heavy (non-hydrogen) atoms. The first-order valence-electron chi connectivity index (χ1n) is 6.79. The molecular weight excluding hydrogens is 288 g/mol. The summed E-state index contributed by atoms with van der Waals surface area (Å²) in [5, 5.41) is 3.35. The summed E-state index contributed by atoms with van der Waals surface area (Å²) in [6, 6.07) is 9.94. The minimum atomic E-state index is 0.551. The molecule has 0 aliphatic carbocycles. The molecule has 1 heterocycles. The van der Waals surface area contributed by atoms with Gasteiger partial charge in [-0.3, -0.25) is 4.90 Å². The van der Waals surface area contributed by atoms with Gasteiger partial charge in [-0.15, -0.1) is 0 Å². The molecule has 1 aromatic rings. The third-order valence-electron chi connectivity index (χ3n) is 3.88. The summed E-state index contributed by atoms with van der Waals surface area (Å²) in [4.78, 5) is 2.63. The monoisotopic (exact) mass is 310 g/mol. The molecule has 2 unspecified atom stereocenters. The van der Waals surface area contributed by atoms with E-state index in [2.05, 4.69) is 71.3 Å². The Kier molecular flexibility index (Phi) is 4.82. The number of benzene rings is 1. The van der Waals surface area contributed by atoms with Crippen LogP contribution in [0.2, 0.25) is 0 Å². The Morgan fingerprint density at radius 1 is 1.44 bits per heavy atom. The van der Waals surface area contributed by atoms with Gasteiger partial charge >= 0.3 is 0 Å². The molecule has 1 aliphatic heterocycles. The van der Waals surface area contributed by atoms with Crippen molar-refractivity contribution in [3.63, 3.8) is 0 Å². The number of hydrogen-bond acceptors (Lipinski definition) is 2. The van der Waals surface area contributed by atoms with Gasteiger partial charge in [-0.1, -0.05) is 28.1 Å². The van der Waals surface area contributed by atoms with Crippen molar-refractivity contribution in [3.05, 3.63) is 34.3 Å². The van der Waals surface area contributed by atoms with E-state index in [0.29, 0.717) is 18.0 Å². The molecule has 0 radical (unpaired) electrons. The number of nitrogens with one attached hydrogen (secondary N) is 1. The molecule has 100 valence electrons. The number of nitrogens with zero attached hydrogens (tertiary/aromatic N) is 1. The second-order valence-electron chi connectivity index (χ2n) is 5.44. The van der Waals surface area contributed by atoms with Crippen LogP contribution in [0.4, 0.5) is 0 Å². The predicted molar refractivity (Wildman–Crippen MR) is 80.8 cm³/mol. The molecule has 2 nitrogen and oxygen atoms in total. The molecule has 2 rings (SSSR count). The van der Waals surface area contributed by atoms with Crippen molar-refractivity contribution in [2.75, 3.05) is 20.1 Å². The highest BCUT2D eigenvalue weighted by Crippen LogP contribution is 2.38. The Labute approximate surface area is 119 Å². The van der Waals surface area contributed by atoms with E-state index in [4.69, 9.17) is 0 Å². The van der Waals surface area contributed by atoms with Gasteiger partial charge in [-0.25, -0.2) is 0 Å². The molecule has 3 heteroatoms. The van der Waals surface area contributed by atoms with E-state index in [9.17, 15) is 0 Å².